The summed E-state index contributed by atoms with van der Waals surface area (Å²) in [4.78, 5) is 12.7. The maximum absolute atomic E-state index is 11.1. The fourth-order valence-corrected chi connectivity index (χ4v) is 0.914. The summed E-state index contributed by atoms with van der Waals surface area (Å²) in [6.07, 6.45) is 1.70. The Bertz CT molecular complexity index is 219. The molecule has 0 aliphatic carbocycles. The van der Waals surface area contributed by atoms with Crippen LogP contribution in [0.5, 0.6) is 0 Å². The third kappa shape index (κ3) is 5.53. The molecule has 0 fully saturated rings. The lowest BCUT2D eigenvalue weighted by atomic mass is 10.5. The Balaban J connectivity index is 3.82. The Labute approximate surface area is 89.9 Å². The Kier molecular flexibility index (Phi) is 6.74. The van der Waals surface area contributed by atoms with Gasteiger partial charge in [-0.3, -0.25) is 4.79 Å². The zero-order valence-electron chi connectivity index (χ0n) is 8.58. The molecule has 0 saturated heterocycles. The molecule has 0 amide bonds. The third-order valence-corrected chi connectivity index (χ3v) is 1.87. The van der Waals surface area contributed by atoms with E-state index in [1.54, 1.807) is 24.9 Å². The molecule has 0 saturated carbocycles. The summed E-state index contributed by atoms with van der Waals surface area (Å²) < 4.78 is 4.78. The number of nitrogens with zero attached hydrogens (tertiary/aromatic N) is 1. The molecular formula is C9H16N2O2S. The fraction of sp³-hybridized carbons (Fsp3) is 0.556. The van der Waals surface area contributed by atoms with Gasteiger partial charge in [0.05, 0.1) is 6.61 Å². The van der Waals surface area contributed by atoms with Gasteiger partial charge in [0.2, 0.25) is 0 Å². The molecule has 0 aliphatic rings. The lowest BCUT2D eigenvalue weighted by molar-refractivity contribution is -0.143. The first-order chi connectivity index (χ1) is 6.61. The molecule has 4 nitrogen and oxygen atoms in total. The number of thiocarbonyl (C=S) groups is 1. The summed E-state index contributed by atoms with van der Waals surface area (Å²) in [5.41, 5.74) is 0. The van der Waals surface area contributed by atoms with Crippen LogP contribution in [0.3, 0.4) is 0 Å². The summed E-state index contributed by atoms with van der Waals surface area (Å²) in [7, 11) is 1.73. The van der Waals surface area contributed by atoms with E-state index in [1.165, 1.54) is 0 Å². The number of esters is 1. The van der Waals surface area contributed by atoms with Crippen molar-refractivity contribution in [3.8, 4) is 0 Å². The van der Waals surface area contributed by atoms with Gasteiger partial charge in [-0.05, 0) is 19.1 Å². The van der Waals surface area contributed by atoms with E-state index >= 15 is 0 Å². The highest BCUT2D eigenvalue weighted by Gasteiger charge is 2.08. The van der Waals surface area contributed by atoms with Gasteiger partial charge in [-0.2, -0.15) is 0 Å². The SMILES string of the molecule is C=CCNC(=S)N(C)CC(=O)OCC. The number of likely N-dealkylation sites (N-methyl/N-ethyl adjacent to an activating group) is 1. The van der Waals surface area contributed by atoms with E-state index in [4.69, 9.17) is 17.0 Å². The van der Waals surface area contributed by atoms with E-state index in [9.17, 15) is 4.79 Å². The molecule has 0 unspecified atom stereocenters. The predicted octanol–water partition coefficient (Wildman–Crippen LogP) is 0.542. The first-order valence-corrected chi connectivity index (χ1v) is 4.78. The average molecular weight is 216 g/mol. The van der Waals surface area contributed by atoms with Crippen molar-refractivity contribution in [1.82, 2.24) is 10.2 Å². The summed E-state index contributed by atoms with van der Waals surface area (Å²) in [6.45, 7) is 6.46. The van der Waals surface area contributed by atoms with Gasteiger partial charge in [-0.15, -0.1) is 6.58 Å². The van der Waals surface area contributed by atoms with E-state index in [-0.39, 0.29) is 12.5 Å². The topological polar surface area (TPSA) is 41.6 Å². The molecule has 1 N–H and O–H groups in total. The van der Waals surface area contributed by atoms with Crippen molar-refractivity contribution in [2.45, 2.75) is 6.92 Å². The molecule has 0 aromatic carbocycles. The number of carbonyl (C=O) groups is 1. The van der Waals surface area contributed by atoms with Gasteiger partial charge in [-0.25, -0.2) is 0 Å². The van der Waals surface area contributed by atoms with E-state index in [0.717, 1.165) is 0 Å². The normalized spacial score (nSPS) is 9.00. The molecule has 0 atom stereocenters. The molecule has 0 bridgehead atoms. The first kappa shape index (κ1) is 12.9. The molecule has 0 spiro atoms. The molecule has 0 radical (unpaired) electrons. The van der Waals surface area contributed by atoms with Crippen LogP contribution in [0, 0.1) is 0 Å². The van der Waals surface area contributed by atoms with Gasteiger partial charge in [-0.1, -0.05) is 6.08 Å². The standard InChI is InChI=1S/C9H16N2O2S/c1-4-6-10-9(14)11(3)7-8(12)13-5-2/h4H,1,5-7H2,2-3H3,(H,10,14). The van der Waals surface area contributed by atoms with E-state index < -0.39 is 0 Å². The van der Waals surface area contributed by atoms with E-state index in [2.05, 4.69) is 11.9 Å². The maximum Gasteiger partial charge on any atom is 0.325 e. The molecule has 0 aromatic rings. The van der Waals surface area contributed by atoms with Gasteiger partial charge < -0.3 is 15.0 Å². The Morgan fingerprint density at radius 2 is 2.36 bits per heavy atom. The Morgan fingerprint density at radius 1 is 1.71 bits per heavy atom. The molecule has 0 rings (SSSR count). The largest absolute Gasteiger partial charge is 0.465 e. The van der Waals surface area contributed by atoms with Gasteiger partial charge in [0.25, 0.3) is 0 Å². The quantitative estimate of drug-likeness (QED) is 0.413. The van der Waals surface area contributed by atoms with Crippen molar-refractivity contribution in [2.75, 3.05) is 26.7 Å². The van der Waals surface area contributed by atoms with Crippen molar-refractivity contribution in [2.24, 2.45) is 0 Å². The minimum absolute atomic E-state index is 0.164. The van der Waals surface area contributed by atoms with Crippen LogP contribution in [-0.4, -0.2) is 42.7 Å². The summed E-state index contributed by atoms with van der Waals surface area (Å²) in [6, 6.07) is 0. The highest BCUT2D eigenvalue weighted by atomic mass is 32.1. The van der Waals surface area contributed by atoms with E-state index in [1.807, 2.05) is 0 Å². The molecule has 0 heterocycles. The number of carbonyl (C=O) groups excluding carboxylic acids is 1. The van der Waals surface area contributed by atoms with Crippen LogP contribution in [-0.2, 0) is 9.53 Å². The van der Waals surface area contributed by atoms with Crippen molar-refractivity contribution in [3.05, 3.63) is 12.7 Å². The fourth-order valence-electron chi connectivity index (χ4n) is 0.767. The van der Waals surface area contributed by atoms with Gasteiger partial charge in [0.1, 0.15) is 6.54 Å². The smallest absolute Gasteiger partial charge is 0.325 e. The first-order valence-electron chi connectivity index (χ1n) is 4.37. The van der Waals surface area contributed by atoms with Gasteiger partial charge >= 0.3 is 5.97 Å². The van der Waals surface area contributed by atoms with Crippen LogP contribution in [0.15, 0.2) is 12.7 Å². The summed E-state index contributed by atoms with van der Waals surface area (Å²) in [5, 5.41) is 3.42. The minimum Gasteiger partial charge on any atom is -0.465 e. The second kappa shape index (κ2) is 7.32. The highest BCUT2D eigenvalue weighted by molar-refractivity contribution is 7.80. The predicted molar refractivity (Wildman–Crippen MR) is 60.1 cm³/mol. The minimum atomic E-state index is -0.280. The summed E-state index contributed by atoms with van der Waals surface area (Å²) in [5.74, 6) is -0.280. The van der Waals surface area contributed by atoms with Crippen LogP contribution >= 0.6 is 12.2 Å². The molecule has 5 heteroatoms. The van der Waals surface area contributed by atoms with Crippen LogP contribution in [0.4, 0.5) is 0 Å². The van der Waals surface area contributed by atoms with Crippen molar-refractivity contribution in [3.63, 3.8) is 0 Å². The van der Waals surface area contributed by atoms with Gasteiger partial charge in [0, 0.05) is 13.6 Å². The monoisotopic (exact) mass is 216 g/mol. The Hall–Kier alpha value is -1.10. The number of nitrogens with one attached hydrogen (secondary N) is 1. The second-order valence-corrected chi connectivity index (χ2v) is 3.02. The number of hydrogen-bond donors (Lipinski definition) is 1. The van der Waals surface area contributed by atoms with Crippen LogP contribution in [0.25, 0.3) is 0 Å². The molecule has 14 heavy (non-hydrogen) atoms. The number of hydrogen-bond acceptors (Lipinski definition) is 3. The Morgan fingerprint density at radius 3 is 2.86 bits per heavy atom. The van der Waals surface area contributed by atoms with E-state index in [0.29, 0.717) is 18.3 Å². The van der Waals surface area contributed by atoms with Gasteiger partial charge in [0.15, 0.2) is 5.11 Å². The molecular weight excluding hydrogens is 200 g/mol. The van der Waals surface area contributed by atoms with Crippen LogP contribution in [0.1, 0.15) is 6.92 Å². The maximum atomic E-state index is 11.1. The second-order valence-electron chi connectivity index (χ2n) is 2.64. The molecule has 80 valence electrons. The average Bonchev–Trinajstić information content (AvgIpc) is 2.14. The lowest BCUT2D eigenvalue weighted by Crippen LogP contribution is -2.40. The van der Waals surface area contributed by atoms with Crippen molar-refractivity contribution < 1.29 is 9.53 Å². The number of ether oxygens (including phenoxy) is 1. The van der Waals surface area contributed by atoms with Crippen LogP contribution in [0.2, 0.25) is 0 Å². The summed E-state index contributed by atoms with van der Waals surface area (Å²) >= 11 is 5.00. The zero-order valence-corrected chi connectivity index (χ0v) is 9.39. The van der Waals surface area contributed by atoms with Crippen molar-refractivity contribution >= 4 is 23.3 Å². The van der Waals surface area contributed by atoms with Crippen molar-refractivity contribution in [1.29, 1.82) is 0 Å². The van der Waals surface area contributed by atoms with Crippen LogP contribution < -0.4 is 5.32 Å². The lowest BCUT2D eigenvalue weighted by Gasteiger charge is -2.19. The molecule has 0 aliphatic heterocycles. The molecule has 0 aromatic heterocycles. The zero-order chi connectivity index (χ0) is 11.0. The number of rotatable bonds is 5. The third-order valence-electron chi connectivity index (χ3n) is 1.42. The highest BCUT2D eigenvalue weighted by Crippen LogP contribution is 1.87.